The molecular formula is C7H14F3N. The summed E-state index contributed by atoms with van der Waals surface area (Å²) in [5.41, 5.74) is 0. The summed E-state index contributed by atoms with van der Waals surface area (Å²) in [6.45, 7) is 3.97. The van der Waals surface area contributed by atoms with Gasteiger partial charge in [0.25, 0.3) is 0 Å². The highest BCUT2D eigenvalue weighted by Gasteiger charge is 2.37. The van der Waals surface area contributed by atoms with Crippen molar-refractivity contribution in [2.75, 3.05) is 13.1 Å². The lowest BCUT2D eigenvalue weighted by Crippen LogP contribution is -2.32. The summed E-state index contributed by atoms with van der Waals surface area (Å²) in [5.74, 6) is -1.19. The van der Waals surface area contributed by atoms with E-state index in [2.05, 4.69) is 5.32 Å². The molecule has 0 heterocycles. The van der Waals surface area contributed by atoms with Crippen molar-refractivity contribution >= 4 is 0 Å². The van der Waals surface area contributed by atoms with E-state index in [4.69, 9.17) is 0 Å². The Morgan fingerprint density at radius 2 is 1.82 bits per heavy atom. The van der Waals surface area contributed by atoms with Gasteiger partial charge >= 0.3 is 6.18 Å². The maximum atomic E-state index is 12.0. The standard InChI is InChI=1S/C7H14F3N/c1-3-6(5-11-4-2)7(8,9)10/h6,11H,3-5H2,1-2H3. The normalized spacial score (nSPS) is 15.0. The van der Waals surface area contributed by atoms with Crippen LogP contribution in [0, 0.1) is 5.92 Å². The van der Waals surface area contributed by atoms with Crippen molar-refractivity contribution in [1.29, 1.82) is 0 Å². The summed E-state index contributed by atoms with van der Waals surface area (Å²) in [7, 11) is 0. The van der Waals surface area contributed by atoms with Crippen LogP contribution in [-0.2, 0) is 0 Å². The maximum absolute atomic E-state index is 12.0. The fourth-order valence-corrected chi connectivity index (χ4v) is 0.810. The zero-order valence-corrected chi connectivity index (χ0v) is 6.83. The zero-order chi connectivity index (χ0) is 8.91. The number of halogens is 3. The third-order valence-corrected chi connectivity index (χ3v) is 1.60. The summed E-state index contributed by atoms with van der Waals surface area (Å²) < 4.78 is 36.0. The lowest BCUT2D eigenvalue weighted by atomic mass is 10.1. The van der Waals surface area contributed by atoms with Crippen LogP contribution >= 0.6 is 0 Å². The molecule has 0 saturated carbocycles. The van der Waals surface area contributed by atoms with E-state index >= 15 is 0 Å². The van der Waals surface area contributed by atoms with Gasteiger partial charge in [-0.15, -0.1) is 0 Å². The molecule has 0 aliphatic rings. The van der Waals surface area contributed by atoms with Crippen LogP contribution in [0.3, 0.4) is 0 Å². The number of hydrogen-bond acceptors (Lipinski definition) is 1. The molecule has 1 N–H and O–H groups in total. The van der Waals surface area contributed by atoms with Crippen molar-refractivity contribution in [3.8, 4) is 0 Å². The summed E-state index contributed by atoms with van der Waals surface area (Å²) in [4.78, 5) is 0. The van der Waals surface area contributed by atoms with Gasteiger partial charge in [-0.2, -0.15) is 13.2 Å². The maximum Gasteiger partial charge on any atom is 0.393 e. The van der Waals surface area contributed by atoms with E-state index in [1.54, 1.807) is 13.8 Å². The molecule has 0 aliphatic carbocycles. The summed E-state index contributed by atoms with van der Waals surface area (Å²) in [5, 5.41) is 2.69. The second-order valence-electron chi connectivity index (χ2n) is 2.45. The molecule has 4 heteroatoms. The Morgan fingerprint density at radius 3 is 2.09 bits per heavy atom. The van der Waals surface area contributed by atoms with Crippen LogP contribution in [-0.4, -0.2) is 19.3 Å². The number of alkyl halides is 3. The molecule has 0 spiro atoms. The van der Waals surface area contributed by atoms with Gasteiger partial charge in [-0.1, -0.05) is 13.8 Å². The second kappa shape index (κ2) is 4.59. The first-order chi connectivity index (χ1) is 5.02. The van der Waals surface area contributed by atoms with Crippen molar-refractivity contribution in [2.45, 2.75) is 26.4 Å². The molecule has 0 fully saturated rings. The van der Waals surface area contributed by atoms with Crippen LogP contribution in [0.1, 0.15) is 20.3 Å². The topological polar surface area (TPSA) is 12.0 Å². The molecule has 1 nitrogen and oxygen atoms in total. The van der Waals surface area contributed by atoms with Crippen LogP contribution < -0.4 is 5.32 Å². The predicted octanol–water partition coefficient (Wildman–Crippen LogP) is 2.18. The van der Waals surface area contributed by atoms with E-state index in [0.29, 0.717) is 6.54 Å². The Balaban J connectivity index is 3.76. The van der Waals surface area contributed by atoms with Gasteiger partial charge in [0.1, 0.15) is 0 Å². The van der Waals surface area contributed by atoms with Crippen molar-refractivity contribution in [2.24, 2.45) is 5.92 Å². The van der Waals surface area contributed by atoms with Gasteiger partial charge in [-0.25, -0.2) is 0 Å². The van der Waals surface area contributed by atoms with E-state index in [1.165, 1.54) is 0 Å². The first-order valence-corrected chi connectivity index (χ1v) is 3.79. The Kier molecular flexibility index (Phi) is 4.49. The highest BCUT2D eigenvalue weighted by atomic mass is 19.4. The first kappa shape index (κ1) is 10.8. The SMILES string of the molecule is CCNCC(CC)C(F)(F)F. The van der Waals surface area contributed by atoms with Gasteiger partial charge < -0.3 is 5.32 Å². The lowest BCUT2D eigenvalue weighted by molar-refractivity contribution is -0.173. The minimum absolute atomic E-state index is 0.0382. The van der Waals surface area contributed by atoms with Crippen LogP contribution in [0.15, 0.2) is 0 Å². The number of rotatable bonds is 4. The summed E-state index contributed by atoms with van der Waals surface area (Å²) in [6, 6.07) is 0. The van der Waals surface area contributed by atoms with E-state index in [0.717, 1.165) is 0 Å². The third-order valence-electron chi connectivity index (χ3n) is 1.60. The molecule has 1 unspecified atom stereocenters. The van der Waals surface area contributed by atoms with Crippen LogP contribution in [0.2, 0.25) is 0 Å². The van der Waals surface area contributed by atoms with Crippen molar-refractivity contribution in [1.82, 2.24) is 5.32 Å². The van der Waals surface area contributed by atoms with Crippen molar-refractivity contribution < 1.29 is 13.2 Å². The largest absolute Gasteiger partial charge is 0.393 e. The van der Waals surface area contributed by atoms with Gasteiger partial charge in [-0.3, -0.25) is 0 Å². The Labute approximate surface area is 65.0 Å². The van der Waals surface area contributed by atoms with Gasteiger partial charge in [0, 0.05) is 6.54 Å². The van der Waals surface area contributed by atoms with Crippen LogP contribution in [0.4, 0.5) is 13.2 Å². The Morgan fingerprint density at radius 1 is 1.27 bits per heavy atom. The predicted molar refractivity (Wildman–Crippen MR) is 38.4 cm³/mol. The van der Waals surface area contributed by atoms with Gasteiger partial charge in [-0.05, 0) is 13.0 Å². The highest BCUT2D eigenvalue weighted by Crippen LogP contribution is 2.27. The van der Waals surface area contributed by atoms with Gasteiger partial charge in [0.05, 0.1) is 5.92 Å². The van der Waals surface area contributed by atoms with E-state index in [9.17, 15) is 13.2 Å². The third kappa shape index (κ3) is 4.24. The molecule has 0 aromatic heterocycles. The molecule has 0 rings (SSSR count). The average Bonchev–Trinajstić information content (AvgIpc) is 1.87. The minimum atomic E-state index is -4.04. The molecular weight excluding hydrogens is 155 g/mol. The molecule has 0 aromatic rings. The highest BCUT2D eigenvalue weighted by molar-refractivity contribution is 4.67. The fraction of sp³-hybridized carbons (Fsp3) is 1.00. The number of hydrogen-bond donors (Lipinski definition) is 1. The molecule has 0 bridgehead atoms. The first-order valence-electron chi connectivity index (χ1n) is 3.79. The van der Waals surface area contributed by atoms with Gasteiger partial charge in [0.15, 0.2) is 0 Å². The molecule has 11 heavy (non-hydrogen) atoms. The smallest absolute Gasteiger partial charge is 0.316 e. The van der Waals surface area contributed by atoms with Crippen LogP contribution in [0.5, 0.6) is 0 Å². The van der Waals surface area contributed by atoms with Crippen LogP contribution in [0.25, 0.3) is 0 Å². The van der Waals surface area contributed by atoms with Gasteiger partial charge in [0.2, 0.25) is 0 Å². The quantitative estimate of drug-likeness (QED) is 0.680. The number of nitrogens with one attached hydrogen (secondary N) is 1. The molecule has 0 radical (unpaired) electrons. The average molecular weight is 169 g/mol. The van der Waals surface area contributed by atoms with E-state index < -0.39 is 12.1 Å². The second-order valence-corrected chi connectivity index (χ2v) is 2.45. The summed E-state index contributed by atoms with van der Waals surface area (Å²) >= 11 is 0. The molecule has 0 aromatic carbocycles. The fourth-order valence-electron chi connectivity index (χ4n) is 0.810. The lowest BCUT2D eigenvalue weighted by Gasteiger charge is -2.18. The molecule has 0 amide bonds. The molecule has 68 valence electrons. The monoisotopic (exact) mass is 169 g/mol. The zero-order valence-electron chi connectivity index (χ0n) is 6.83. The van der Waals surface area contributed by atoms with E-state index in [-0.39, 0.29) is 13.0 Å². The summed E-state index contributed by atoms with van der Waals surface area (Å²) in [6.07, 6.45) is -3.90. The Bertz CT molecular complexity index is 100. The minimum Gasteiger partial charge on any atom is -0.316 e. The Hall–Kier alpha value is -0.250. The van der Waals surface area contributed by atoms with Crippen molar-refractivity contribution in [3.63, 3.8) is 0 Å². The molecule has 0 aliphatic heterocycles. The molecule has 1 atom stereocenters. The van der Waals surface area contributed by atoms with Crippen molar-refractivity contribution in [3.05, 3.63) is 0 Å². The van der Waals surface area contributed by atoms with E-state index in [1.807, 2.05) is 0 Å². The molecule has 0 saturated heterocycles.